The molecular weight excluding hydrogens is 170 g/mol. The Labute approximate surface area is 79.1 Å². The van der Waals surface area contributed by atoms with Crippen LogP contribution in [0.1, 0.15) is 33.6 Å². The summed E-state index contributed by atoms with van der Waals surface area (Å²) >= 11 is 0. The molecule has 0 rings (SSSR count). The lowest BCUT2D eigenvalue weighted by Crippen LogP contribution is -2.27. The molecule has 0 fully saturated rings. The van der Waals surface area contributed by atoms with Gasteiger partial charge in [-0.25, -0.2) is 4.79 Å². The summed E-state index contributed by atoms with van der Waals surface area (Å²) in [7, 11) is 0. The Balaban J connectivity index is 4.01. The van der Waals surface area contributed by atoms with Gasteiger partial charge in [-0.1, -0.05) is 20.8 Å². The molecule has 0 aliphatic rings. The minimum atomic E-state index is -0.775. The average Bonchev–Trinajstić information content (AvgIpc) is 1.81. The molecule has 0 spiro atoms. The number of hydrogen-bond acceptors (Lipinski definition) is 3. The second-order valence-electron chi connectivity index (χ2n) is 4.34. The molecule has 1 atom stereocenters. The van der Waals surface area contributed by atoms with Crippen LogP contribution in [0.2, 0.25) is 0 Å². The van der Waals surface area contributed by atoms with Crippen LogP contribution in [0.15, 0.2) is 0 Å². The molecule has 0 unspecified atom stereocenters. The van der Waals surface area contributed by atoms with Crippen molar-refractivity contribution >= 4 is 6.09 Å². The fourth-order valence-electron chi connectivity index (χ4n) is 1.19. The maximum Gasteiger partial charge on any atom is 0.404 e. The zero-order chi connectivity index (χ0) is 10.5. The average molecular weight is 189 g/mol. The van der Waals surface area contributed by atoms with E-state index in [1.807, 2.05) is 20.8 Å². The third kappa shape index (κ3) is 7.59. The van der Waals surface area contributed by atoms with Gasteiger partial charge in [-0.05, 0) is 11.8 Å². The number of rotatable bonds is 4. The van der Waals surface area contributed by atoms with E-state index in [9.17, 15) is 4.79 Å². The van der Waals surface area contributed by atoms with Gasteiger partial charge in [-0.2, -0.15) is 0 Å². The molecule has 0 bridgehead atoms. The molecule has 1 amide bonds. The molecule has 4 nitrogen and oxygen atoms in total. The van der Waals surface area contributed by atoms with E-state index in [0.717, 1.165) is 0 Å². The normalized spacial score (nSPS) is 13.8. The van der Waals surface area contributed by atoms with Crippen LogP contribution in [0.25, 0.3) is 0 Å². The van der Waals surface area contributed by atoms with Crippen LogP contribution in [0.5, 0.6) is 0 Å². The molecule has 0 aromatic carbocycles. The van der Waals surface area contributed by atoms with Crippen LogP contribution in [-0.2, 0) is 4.74 Å². The smallest absolute Gasteiger partial charge is 0.404 e. The first-order valence-electron chi connectivity index (χ1n) is 4.42. The number of carbonyl (C=O) groups is 1. The van der Waals surface area contributed by atoms with Crippen molar-refractivity contribution in [3.05, 3.63) is 0 Å². The van der Waals surface area contributed by atoms with Gasteiger partial charge >= 0.3 is 6.09 Å². The van der Waals surface area contributed by atoms with Gasteiger partial charge in [0, 0.05) is 13.0 Å². The maximum absolute atomic E-state index is 10.5. The summed E-state index contributed by atoms with van der Waals surface area (Å²) in [6.45, 7) is 6.14. The molecule has 4 heteroatoms. The lowest BCUT2D eigenvalue weighted by atomic mass is 9.88. The Morgan fingerprint density at radius 2 is 2.08 bits per heavy atom. The number of aliphatic hydroxyl groups excluding tert-OH is 1. The standard InChI is InChI=1S/C9H19NO3/c1-9(2,3)6-7(4-5-11)13-8(10)12/h7,11H,4-6H2,1-3H3,(H2,10,12)/t7-/m0/s1. The SMILES string of the molecule is CC(C)(C)C[C@H](CCO)OC(N)=O. The third-order valence-electron chi connectivity index (χ3n) is 1.57. The number of hydrogen-bond donors (Lipinski definition) is 2. The molecule has 0 aliphatic heterocycles. The first-order chi connectivity index (χ1) is 5.85. The van der Waals surface area contributed by atoms with Crippen LogP contribution < -0.4 is 5.73 Å². The van der Waals surface area contributed by atoms with E-state index >= 15 is 0 Å². The van der Waals surface area contributed by atoms with Crippen LogP contribution >= 0.6 is 0 Å². The molecule has 0 saturated carbocycles. The molecule has 0 saturated heterocycles. The first kappa shape index (κ1) is 12.2. The van der Waals surface area contributed by atoms with Crippen molar-refractivity contribution in [3.63, 3.8) is 0 Å². The quantitative estimate of drug-likeness (QED) is 0.699. The molecule has 0 radical (unpaired) electrons. The number of carbonyl (C=O) groups excluding carboxylic acids is 1. The summed E-state index contributed by atoms with van der Waals surface area (Å²) in [6, 6.07) is 0. The van der Waals surface area contributed by atoms with Gasteiger partial charge in [0.2, 0.25) is 0 Å². The summed E-state index contributed by atoms with van der Waals surface area (Å²) in [5, 5.41) is 8.71. The Bertz CT molecular complexity index is 163. The van der Waals surface area contributed by atoms with Crippen molar-refractivity contribution in [3.8, 4) is 0 Å². The summed E-state index contributed by atoms with van der Waals surface area (Å²) in [6.07, 6.45) is 0.0988. The minimum Gasteiger partial charge on any atom is -0.446 e. The fourth-order valence-corrected chi connectivity index (χ4v) is 1.19. The Morgan fingerprint density at radius 1 is 1.54 bits per heavy atom. The Kier molecular flexibility index (Phi) is 4.77. The molecular formula is C9H19NO3. The van der Waals surface area contributed by atoms with Crippen LogP contribution in [0, 0.1) is 5.41 Å². The van der Waals surface area contributed by atoms with E-state index in [0.29, 0.717) is 12.8 Å². The Hall–Kier alpha value is -0.770. The van der Waals surface area contributed by atoms with Crippen LogP contribution in [-0.4, -0.2) is 23.9 Å². The number of primary amides is 1. The van der Waals surface area contributed by atoms with Crippen molar-refractivity contribution in [1.29, 1.82) is 0 Å². The maximum atomic E-state index is 10.5. The molecule has 0 aliphatic carbocycles. The zero-order valence-electron chi connectivity index (χ0n) is 8.54. The van der Waals surface area contributed by atoms with Gasteiger partial charge < -0.3 is 15.6 Å². The van der Waals surface area contributed by atoms with Gasteiger partial charge in [0.1, 0.15) is 6.10 Å². The van der Waals surface area contributed by atoms with E-state index in [1.54, 1.807) is 0 Å². The van der Waals surface area contributed by atoms with E-state index in [-0.39, 0.29) is 18.1 Å². The van der Waals surface area contributed by atoms with Crippen molar-refractivity contribution < 1.29 is 14.6 Å². The lowest BCUT2D eigenvalue weighted by Gasteiger charge is -2.24. The number of ether oxygens (including phenoxy) is 1. The second kappa shape index (κ2) is 5.07. The summed E-state index contributed by atoms with van der Waals surface area (Å²) < 4.78 is 4.85. The highest BCUT2D eigenvalue weighted by Crippen LogP contribution is 2.23. The zero-order valence-corrected chi connectivity index (χ0v) is 8.54. The van der Waals surface area contributed by atoms with E-state index in [4.69, 9.17) is 15.6 Å². The first-order valence-corrected chi connectivity index (χ1v) is 4.42. The van der Waals surface area contributed by atoms with Crippen molar-refractivity contribution in [2.75, 3.05) is 6.61 Å². The Morgan fingerprint density at radius 3 is 2.38 bits per heavy atom. The number of nitrogens with two attached hydrogens (primary N) is 1. The van der Waals surface area contributed by atoms with Crippen molar-refractivity contribution in [2.24, 2.45) is 11.1 Å². The van der Waals surface area contributed by atoms with E-state index < -0.39 is 6.09 Å². The van der Waals surface area contributed by atoms with E-state index in [2.05, 4.69) is 0 Å². The molecule has 78 valence electrons. The number of amides is 1. The van der Waals surface area contributed by atoms with Gasteiger partial charge in [0.25, 0.3) is 0 Å². The highest BCUT2D eigenvalue weighted by molar-refractivity contribution is 5.64. The van der Waals surface area contributed by atoms with Crippen LogP contribution in [0.4, 0.5) is 4.79 Å². The number of aliphatic hydroxyl groups is 1. The van der Waals surface area contributed by atoms with Crippen LogP contribution in [0.3, 0.4) is 0 Å². The largest absolute Gasteiger partial charge is 0.446 e. The third-order valence-corrected chi connectivity index (χ3v) is 1.57. The molecule has 13 heavy (non-hydrogen) atoms. The molecule has 0 aromatic rings. The molecule has 0 aromatic heterocycles. The second-order valence-corrected chi connectivity index (χ2v) is 4.34. The summed E-state index contributed by atoms with van der Waals surface area (Å²) in [4.78, 5) is 10.5. The highest BCUT2D eigenvalue weighted by Gasteiger charge is 2.20. The van der Waals surface area contributed by atoms with Crippen molar-refractivity contribution in [1.82, 2.24) is 0 Å². The fraction of sp³-hybridized carbons (Fsp3) is 0.889. The molecule has 3 N–H and O–H groups in total. The predicted octanol–water partition coefficient (Wildman–Crippen LogP) is 1.27. The topological polar surface area (TPSA) is 72.6 Å². The minimum absolute atomic E-state index is 0.00796. The predicted molar refractivity (Wildman–Crippen MR) is 50.2 cm³/mol. The summed E-state index contributed by atoms with van der Waals surface area (Å²) in [5.74, 6) is 0. The monoisotopic (exact) mass is 189 g/mol. The highest BCUT2D eigenvalue weighted by atomic mass is 16.6. The van der Waals surface area contributed by atoms with Gasteiger partial charge in [-0.15, -0.1) is 0 Å². The van der Waals surface area contributed by atoms with E-state index in [1.165, 1.54) is 0 Å². The van der Waals surface area contributed by atoms with Gasteiger partial charge in [-0.3, -0.25) is 0 Å². The van der Waals surface area contributed by atoms with Crippen molar-refractivity contribution in [2.45, 2.75) is 39.7 Å². The van der Waals surface area contributed by atoms with Gasteiger partial charge in [0.15, 0.2) is 0 Å². The summed E-state index contributed by atoms with van der Waals surface area (Å²) in [5.41, 5.74) is 4.96. The molecule has 0 heterocycles. The van der Waals surface area contributed by atoms with Gasteiger partial charge in [0.05, 0.1) is 0 Å². The lowest BCUT2D eigenvalue weighted by molar-refractivity contribution is 0.0620.